The molecule has 4 heteroatoms. The predicted octanol–water partition coefficient (Wildman–Crippen LogP) is 1.86. The Bertz CT molecular complexity index is 400. The summed E-state index contributed by atoms with van der Waals surface area (Å²) in [7, 11) is 4.95. The largest absolute Gasteiger partial charge is 0.493 e. The fraction of sp³-hybridized carbons (Fsp3) is 0.571. The maximum atomic E-state index is 5.49. The van der Waals surface area contributed by atoms with Crippen molar-refractivity contribution >= 4 is 0 Å². The van der Waals surface area contributed by atoms with Crippen LogP contribution in [0.2, 0.25) is 0 Å². The summed E-state index contributed by atoms with van der Waals surface area (Å²) in [6.07, 6.45) is 2.23. The van der Waals surface area contributed by atoms with Crippen LogP contribution < -0.4 is 19.5 Å². The fourth-order valence-corrected chi connectivity index (χ4v) is 2.52. The topological polar surface area (TPSA) is 39.7 Å². The van der Waals surface area contributed by atoms with Crippen LogP contribution in [0.1, 0.15) is 12.0 Å². The van der Waals surface area contributed by atoms with Crippen LogP contribution in [0.25, 0.3) is 0 Å². The summed E-state index contributed by atoms with van der Waals surface area (Å²) in [5.74, 6) is 2.87. The van der Waals surface area contributed by atoms with E-state index in [2.05, 4.69) is 11.4 Å². The highest BCUT2D eigenvalue weighted by Gasteiger charge is 2.20. The Morgan fingerprint density at radius 3 is 2.44 bits per heavy atom. The standard InChI is InChI=1S/C14H21NO3/c1-16-12-5-4-11(8-10-6-7-15-9-10)13(17-2)14(12)18-3/h4-5,10,15H,6-9H2,1-3H3. The van der Waals surface area contributed by atoms with Gasteiger partial charge < -0.3 is 19.5 Å². The SMILES string of the molecule is COc1ccc(CC2CCNC2)c(OC)c1OC. The normalized spacial score (nSPS) is 18.7. The third-order valence-corrected chi connectivity index (χ3v) is 3.46. The van der Waals surface area contributed by atoms with Gasteiger partial charge in [-0.3, -0.25) is 0 Å². The molecule has 1 heterocycles. The summed E-state index contributed by atoms with van der Waals surface area (Å²) in [6, 6.07) is 4.01. The minimum atomic E-state index is 0.678. The van der Waals surface area contributed by atoms with E-state index in [4.69, 9.17) is 14.2 Å². The molecule has 1 aliphatic heterocycles. The van der Waals surface area contributed by atoms with Gasteiger partial charge >= 0.3 is 0 Å². The Kier molecular flexibility index (Phi) is 4.31. The first-order valence-corrected chi connectivity index (χ1v) is 6.28. The van der Waals surface area contributed by atoms with Crippen LogP contribution in [0.4, 0.5) is 0 Å². The molecule has 4 nitrogen and oxygen atoms in total. The summed E-state index contributed by atoms with van der Waals surface area (Å²) in [5, 5.41) is 3.38. The van der Waals surface area contributed by atoms with Crippen molar-refractivity contribution in [1.29, 1.82) is 0 Å². The van der Waals surface area contributed by atoms with Crippen LogP contribution in [0.3, 0.4) is 0 Å². The van der Waals surface area contributed by atoms with Gasteiger partial charge in [-0.2, -0.15) is 0 Å². The van der Waals surface area contributed by atoms with Crippen molar-refractivity contribution in [2.45, 2.75) is 12.8 Å². The summed E-state index contributed by atoms with van der Waals surface area (Å²) >= 11 is 0. The summed E-state index contributed by atoms with van der Waals surface area (Å²) in [4.78, 5) is 0. The van der Waals surface area contributed by atoms with Crippen molar-refractivity contribution in [3.05, 3.63) is 17.7 Å². The molecule has 1 unspecified atom stereocenters. The van der Waals surface area contributed by atoms with Gasteiger partial charge in [-0.1, -0.05) is 6.07 Å². The van der Waals surface area contributed by atoms with Crippen LogP contribution in [0.5, 0.6) is 17.2 Å². The molecule has 0 spiro atoms. The highest BCUT2D eigenvalue weighted by atomic mass is 16.5. The summed E-state index contributed by atoms with van der Waals surface area (Å²) in [6.45, 7) is 2.19. The van der Waals surface area contributed by atoms with Crippen molar-refractivity contribution in [1.82, 2.24) is 5.32 Å². The van der Waals surface area contributed by atoms with E-state index in [1.165, 1.54) is 12.0 Å². The number of nitrogens with one attached hydrogen (secondary N) is 1. The molecule has 1 fully saturated rings. The molecule has 18 heavy (non-hydrogen) atoms. The number of hydrogen-bond acceptors (Lipinski definition) is 4. The second-order valence-electron chi connectivity index (χ2n) is 4.56. The molecule has 1 aromatic carbocycles. The van der Waals surface area contributed by atoms with Crippen molar-refractivity contribution in [2.75, 3.05) is 34.4 Å². The molecule has 1 saturated heterocycles. The van der Waals surface area contributed by atoms with Crippen molar-refractivity contribution in [3.63, 3.8) is 0 Å². The van der Waals surface area contributed by atoms with Gasteiger partial charge in [-0.05, 0) is 43.5 Å². The molecule has 1 aliphatic rings. The first-order chi connectivity index (χ1) is 8.80. The quantitative estimate of drug-likeness (QED) is 0.867. The zero-order chi connectivity index (χ0) is 13.0. The van der Waals surface area contributed by atoms with Gasteiger partial charge in [0.1, 0.15) is 0 Å². The molecule has 0 aliphatic carbocycles. The predicted molar refractivity (Wildman–Crippen MR) is 70.8 cm³/mol. The second-order valence-corrected chi connectivity index (χ2v) is 4.56. The van der Waals surface area contributed by atoms with Gasteiger partial charge in [-0.25, -0.2) is 0 Å². The Balaban J connectivity index is 2.28. The minimum absolute atomic E-state index is 0.678. The molecule has 0 radical (unpaired) electrons. The van der Waals surface area contributed by atoms with E-state index in [1.54, 1.807) is 21.3 Å². The summed E-state index contributed by atoms with van der Waals surface area (Å²) in [5.41, 5.74) is 1.18. The number of benzene rings is 1. The van der Waals surface area contributed by atoms with E-state index in [0.29, 0.717) is 17.4 Å². The average Bonchev–Trinajstić information content (AvgIpc) is 2.90. The van der Waals surface area contributed by atoms with Crippen LogP contribution in [0.15, 0.2) is 12.1 Å². The maximum Gasteiger partial charge on any atom is 0.203 e. The molecule has 1 N–H and O–H groups in total. The molecule has 0 amide bonds. The molecule has 100 valence electrons. The number of hydrogen-bond donors (Lipinski definition) is 1. The maximum absolute atomic E-state index is 5.49. The van der Waals surface area contributed by atoms with E-state index >= 15 is 0 Å². The zero-order valence-corrected chi connectivity index (χ0v) is 11.3. The van der Waals surface area contributed by atoms with E-state index in [1.807, 2.05) is 6.07 Å². The average molecular weight is 251 g/mol. The van der Waals surface area contributed by atoms with Gasteiger partial charge in [0.25, 0.3) is 0 Å². The molecule has 0 saturated carbocycles. The van der Waals surface area contributed by atoms with Crippen molar-refractivity contribution in [2.24, 2.45) is 5.92 Å². The molecule has 2 rings (SSSR count). The van der Waals surface area contributed by atoms with E-state index in [0.717, 1.165) is 25.3 Å². The van der Waals surface area contributed by atoms with Crippen molar-refractivity contribution < 1.29 is 14.2 Å². The molecular formula is C14H21NO3. The first-order valence-electron chi connectivity index (χ1n) is 6.28. The molecular weight excluding hydrogens is 230 g/mol. The Hall–Kier alpha value is -1.42. The van der Waals surface area contributed by atoms with Gasteiger partial charge in [0.15, 0.2) is 11.5 Å². The van der Waals surface area contributed by atoms with Crippen LogP contribution in [-0.4, -0.2) is 34.4 Å². The van der Waals surface area contributed by atoms with Crippen LogP contribution >= 0.6 is 0 Å². The smallest absolute Gasteiger partial charge is 0.203 e. The zero-order valence-electron chi connectivity index (χ0n) is 11.3. The van der Waals surface area contributed by atoms with E-state index in [-0.39, 0.29) is 0 Å². The van der Waals surface area contributed by atoms with Crippen molar-refractivity contribution in [3.8, 4) is 17.2 Å². The lowest BCUT2D eigenvalue weighted by Crippen LogP contribution is -2.11. The first kappa shape index (κ1) is 13.0. The third-order valence-electron chi connectivity index (χ3n) is 3.46. The summed E-state index contributed by atoms with van der Waals surface area (Å²) < 4.78 is 16.2. The molecule has 0 bridgehead atoms. The lowest BCUT2D eigenvalue weighted by atomic mass is 9.97. The Morgan fingerprint density at radius 2 is 1.89 bits per heavy atom. The Labute approximate surface area is 108 Å². The highest BCUT2D eigenvalue weighted by Crippen LogP contribution is 2.40. The molecule has 0 aromatic heterocycles. The minimum Gasteiger partial charge on any atom is -0.493 e. The van der Waals surface area contributed by atoms with Gasteiger partial charge in [0, 0.05) is 0 Å². The third kappa shape index (κ3) is 2.53. The highest BCUT2D eigenvalue weighted by molar-refractivity contribution is 5.55. The molecule has 1 aromatic rings. The number of ether oxygens (including phenoxy) is 3. The lowest BCUT2D eigenvalue weighted by Gasteiger charge is -2.17. The second kappa shape index (κ2) is 5.96. The van der Waals surface area contributed by atoms with E-state index < -0.39 is 0 Å². The Morgan fingerprint density at radius 1 is 1.11 bits per heavy atom. The molecule has 1 atom stereocenters. The van der Waals surface area contributed by atoms with E-state index in [9.17, 15) is 0 Å². The number of methoxy groups -OCH3 is 3. The number of rotatable bonds is 5. The lowest BCUT2D eigenvalue weighted by molar-refractivity contribution is 0.321. The fourth-order valence-electron chi connectivity index (χ4n) is 2.52. The van der Waals surface area contributed by atoms with Crippen LogP contribution in [-0.2, 0) is 6.42 Å². The van der Waals surface area contributed by atoms with Gasteiger partial charge in [0.05, 0.1) is 21.3 Å². The van der Waals surface area contributed by atoms with Crippen LogP contribution in [0, 0.1) is 5.92 Å². The van der Waals surface area contributed by atoms with Gasteiger partial charge in [-0.15, -0.1) is 0 Å². The monoisotopic (exact) mass is 251 g/mol. The van der Waals surface area contributed by atoms with Gasteiger partial charge in [0.2, 0.25) is 5.75 Å².